The van der Waals surface area contributed by atoms with Gasteiger partial charge in [-0.15, -0.1) is 0 Å². The maximum absolute atomic E-state index is 12.0. The third-order valence-electron chi connectivity index (χ3n) is 5.87. The summed E-state index contributed by atoms with van der Waals surface area (Å²) in [6.07, 6.45) is 1.63. The lowest BCUT2D eigenvalue weighted by atomic mass is 10.1. The van der Waals surface area contributed by atoms with Crippen LogP contribution in [-0.2, 0) is 27.4 Å². The van der Waals surface area contributed by atoms with Gasteiger partial charge in [-0.3, -0.25) is 19.5 Å². The van der Waals surface area contributed by atoms with E-state index >= 15 is 0 Å². The van der Waals surface area contributed by atoms with E-state index in [1.807, 2.05) is 11.0 Å². The lowest BCUT2D eigenvalue weighted by Gasteiger charge is -2.36. The van der Waals surface area contributed by atoms with Crippen molar-refractivity contribution in [3.8, 4) is 0 Å². The Labute approximate surface area is 190 Å². The number of amides is 2. The predicted molar refractivity (Wildman–Crippen MR) is 124 cm³/mol. The zero-order chi connectivity index (χ0) is 22.8. The Balaban J connectivity index is 1.43. The molecular formula is C23H36N6O3. The van der Waals surface area contributed by atoms with Gasteiger partial charge in [0.25, 0.3) is 0 Å². The van der Waals surface area contributed by atoms with Crippen molar-refractivity contribution in [1.82, 2.24) is 25.3 Å². The molecule has 0 aliphatic carbocycles. The average molecular weight is 445 g/mol. The lowest BCUT2D eigenvalue weighted by molar-refractivity contribution is -0.128. The van der Waals surface area contributed by atoms with Gasteiger partial charge in [0.1, 0.15) is 0 Å². The molecule has 1 aromatic rings. The fourth-order valence-electron chi connectivity index (χ4n) is 4.11. The van der Waals surface area contributed by atoms with Gasteiger partial charge in [-0.1, -0.05) is 24.3 Å². The molecule has 0 atom stereocenters. The van der Waals surface area contributed by atoms with E-state index in [4.69, 9.17) is 4.74 Å². The number of likely N-dealkylation sites (tertiary alicyclic amines) is 1. The van der Waals surface area contributed by atoms with Crippen molar-refractivity contribution in [2.45, 2.75) is 25.9 Å². The summed E-state index contributed by atoms with van der Waals surface area (Å²) in [7, 11) is 3.42. The molecule has 0 spiro atoms. The Hall–Kier alpha value is -2.65. The van der Waals surface area contributed by atoms with Crippen LogP contribution in [0.1, 0.15) is 24.0 Å². The zero-order valence-electron chi connectivity index (χ0n) is 19.3. The number of benzene rings is 1. The number of aliphatic imine (C=N–C) groups is 1. The quantitative estimate of drug-likeness (QED) is 0.323. The van der Waals surface area contributed by atoms with Gasteiger partial charge in [0.15, 0.2) is 5.96 Å². The fraction of sp³-hybridized carbons (Fsp3) is 0.609. The highest BCUT2D eigenvalue weighted by atomic mass is 16.5. The first kappa shape index (κ1) is 24.0. The monoisotopic (exact) mass is 444 g/mol. The number of piperazine rings is 1. The Morgan fingerprint density at radius 2 is 1.91 bits per heavy atom. The molecule has 176 valence electrons. The largest absolute Gasteiger partial charge is 0.383 e. The number of guanidine groups is 1. The Bertz CT molecular complexity index is 792. The third kappa shape index (κ3) is 7.20. The van der Waals surface area contributed by atoms with Crippen molar-refractivity contribution in [2.24, 2.45) is 4.99 Å². The predicted octanol–water partition coefficient (Wildman–Crippen LogP) is 0.265. The SMILES string of the molecule is CN=C(NCc1cccc(CN2CCCC2=O)c1)N1CCN(CC(=O)NCCOC)CC1. The second-order valence-corrected chi connectivity index (χ2v) is 8.25. The van der Waals surface area contributed by atoms with Gasteiger partial charge in [-0.2, -0.15) is 0 Å². The average Bonchev–Trinajstić information content (AvgIpc) is 3.20. The Morgan fingerprint density at radius 1 is 1.12 bits per heavy atom. The highest BCUT2D eigenvalue weighted by molar-refractivity contribution is 5.80. The molecule has 9 nitrogen and oxygen atoms in total. The molecule has 2 amide bonds. The van der Waals surface area contributed by atoms with Gasteiger partial charge < -0.3 is 25.2 Å². The molecule has 2 fully saturated rings. The van der Waals surface area contributed by atoms with Crippen molar-refractivity contribution in [3.05, 3.63) is 35.4 Å². The molecule has 2 N–H and O–H groups in total. The van der Waals surface area contributed by atoms with Crippen LogP contribution >= 0.6 is 0 Å². The van der Waals surface area contributed by atoms with Crippen LogP contribution in [0.15, 0.2) is 29.3 Å². The summed E-state index contributed by atoms with van der Waals surface area (Å²) in [5.74, 6) is 1.16. The number of methoxy groups -OCH3 is 1. The number of nitrogens with zero attached hydrogens (tertiary/aromatic N) is 4. The van der Waals surface area contributed by atoms with E-state index in [0.29, 0.717) is 39.2 Å². The summed E-state index contributed by atoms with van der Waals surface area (Å²) in [6, 6.07) is 8.38. The molecule has 32 heavy (non-hydrogen) atoms. The first-order valence-electron chi connectivity index (χ1n) is 11.4. The summed E-state index contributed by atoms with van der Waals surface area (Å²) >= 11 is 0. The topological polar surface area (TPSA) is 89.5 Å². The first-order chi connectivity index (χ1) is 15.6. The molecule has 2 saturated heterocycles. The third-order valence-corrected chi connectivity index (χ3v) is 5.87. The van der Waals surface area contributed by atoms with E-state index in [-0.39, 0.29) is 11.8 Å². The molecule has 2 aliphatic rings. The number of nitrogens with one attached hydrogen (secondary N) is 2. The van der Waals surface area contributed by atoms with E-state index in [2.05, 4.69) is 43.6 Å². The smallest absolute Gasteiger partial charge is 0.234 e. The molecule has 3 rings (SSSR count). The second kappa shape index (κ2) is 12.4. The van der Waals surface area contributed by atoms with Gasteiger partial charge in [0.2, 0.25) is 11.8 Å². The summed E-state index contributed by atoms with van der Waals surface area (Å²) in [6.45, 7) is 6.98. The van der Waals surface area contributed by atoms with Crippen molar-refractivity contribution in [3.63, 3.8) is 0 Å². The number of carbonyl (C=O) groups excluding carboxylic acids is 2. The van der Waals surface area contributed by atoms with Gasteiger partial charge in [0, 0.05) is 72.9 Å². The van der Waals surface area contributed by atoms with Crippen LogP contribution in [0.5, 0.6) is 0 Å². The molecule has 0 radical (unpaired) electrons. The van der Waals surface area contributed by atoms with Gasteiger partial charge in [0.05, 0.1) is 13.2 Å². The van der Waals surface area contributed by atoms with Crippen molar-refractivity contribution < 1.29 is 14.3 Å². The number of hydrogen-bond acceptors (Lipinski definition) is 5. The molecule has 2 aliphatic heterocycles. The molecule has 0 aromatic heterocycles. The molecule has 0 saturated carbocycles. The summed E-state index contributed by atoms with van der Waals surface area (Å²) < 4.78 is 4.96. The number of rotatable bonds is 9. The van der Waals surface area contributed by atoms with Crippen molar-refractivity contribution in [2.75, 3.05) is 66.6 Å². The maximum Gasteiger partial charge on any atom is 0.234 e. The Kier molecular flexibility index (Phi) is 9.30. The van der Waals surface area contributed by atoms with Crippen LogP contribution in [0.4, 0.5) is 0 Å². The minimum absolute atomic E-state index is 0.0357. The minimum Gasteiger partial charge on any atom is -0.383 e. The summed E-state index contributed by atoms with van der Waals surface area (Å²) in [4.78, 5) is 34.7. The van der Waals surface area contributed by atoms with Crippen LogP contribution in [0.25, 0.3) is 0 Å². The molecule has 9 heteroatoms. The van der Waals surface area contributed by atoms with Crippen LogP contribution in [-0.4, -0.2) is 99.1 Å². The van der Waals surface area contributed by atoms with E-state index in [1.54, 1.807) is 14.2 Å². The van der Waals surface area contributed by atoms with Crippen LogP contribution < -0.4 is 10.6 Å². The maximum atomic E-state index is 12.0. The van der Waals surface area contributed by atoms with E-state index in [9.17, 15) is 9.59 Å². The van der Waals surface area contributed by atoms with E-state index in [0.717, 1.165) is 50.7 Å². The van der Waals surface area contributed by atoms with Crippen molar-refractivity contribution in [1.29, 1.82) is 0 Å². The second-order valence-electron chi connectivity index (χ2n) is 8.25. The molecule has 0 unspecified atom stereocenters. The van der Waals surface area contributed by atoms with Crippen LogP contribution in [0.2, 0.25) is 0 Å². The first-order valence-corrected chi connectivity index (χ1v) is 11.4. The highest BCUT2D eigenvalue weighted by Crippen LogP contribution is 2.15. The minimum atomic E-state index is 0.0357. The van der Waals surface area contributed by atoms with Gasteiger partial charge >= 0.3 is 0 Å². The molecule has 1 aromatic carbocycles. The molecule has 2 heterocycles. The number of hydrogen-bond donors (Lipinski definition) is 2. The van der Waals surface area contributed by atoms with Gasteiger partial charge in [-0.05, 0) is 17.5 Å². The van der Waals surface area contributed by atoms with Crippen LogP contribution in [0, 0.1) is 0 Å². The molecule has 0 bridgehead atoms. The van der Waals surface area contributed by atoms with E-state index < -0.39 is 0 Å². The van der Waals surface area contributed by atoms with Crippen molar-refractivity contribution >= 4 is 17.8 Å². The van der Waals surface area contributed by atoms with Crippen LogP contribution in [0.3, 0.4) is 0 Å². The molecular weight excluding hydrogens is 408 g/mol. The standard InChI is InChI=1S/C23H36N6O3/c1-24-23(28-12-10-27(11-13-28)18-21(30)25-8-14-32-2)26-16-19-5-3-6-20(15-19)17-29-9-4-7-22(29)31/h3,5-6,15H,4,7-14,16-18H2,1-2H3,(H,24,26)(H,25,30). The van der Waals surface area contributed by atoms with E-state index in [1.165, 1.54) is 5.56 Å². The number of carbonyl (C=O) groups is 2. The van der Waals surface area contributed by atoms with Gasteiger partial charge in [-0.25, -0.2) is 0 Å². The number of ether oxygens (including phenoxy) is 1. The lowest BCUT2D eigenvalue weighted by Crippen LogP contribution is -2.54. The summed E-state index contributed by atoms with van der Waals surface area (Å²) in [5, 5.41) is 6.33. The normalized spacial score (nSPS) is 17.7. The Morgan fingerprint density at radius 3 is 2.59 bits per heavy atom. The highest BCUT2D eigenvalue weighted by Gasteiger charge is 2.22. The zero-order valence-corrected chi connectivity index (χ0v) is 19.3. The fourth-order valence-corrected chi connectivity index (χ4v) is 4.11. The summed E-state index contributed by atoms with van der Waals surface area (Å²) in [5.41, 5.74) is 2.33.